The Bertz CT molecular complexity index is 374. The van der Waals surface area contributed by atoms with Crippen LogP contribution in [0.5, 0.6) is 5.75 Å². The molecule has 1 aromatic rings. The number of hydrogen-bond acceptors (Lipinski definition) is 3. The average molecular weight is 276 g/mol. The first-order valence-electron chi connectivity index (χ1n) is 5.87. The summed E-state index contributed by atoms with van der Waals surface area (Å²) in [5, 5.41) is 3.52. The maximum absolute atomic E-state index is 12.9. The van der Waals surface area contributed by atoms with Crippen LogP contribution >= 0.6 is 11.6 Å². The second-order valence-electron chi connectivity index (χ2n) is 4.33. The van der Waals surface area contributed by atoms with Crippen molar-refractivity contribution in [1.82, 2.24) is 5.32 Å². The van der Waals surface area contributed by atoms with Gasteiger partial charge in [0.2, 0.25) is 0 Å². The molecule has 1 N–H and O–H groups in total. The van der Waals surface area contributed by atoms with Gasteiger partial charge in [0.15, 0.2) is 0 Å². The van der Waals surface area contributed by atoms with Gasteiger partial charge in [-0.05, 0) is 18.2 Å². The number of hydrogen-bond donors (Lipinski definition) is 1. The Hall–Kier alpha value is -0.840. The maximum atomic E-state index is 12.9. The van der Waals surface area contributed by atoms with Crippen molar-refractivity contribution in [3.05, 3.63) is 29.0 Å². The van der Waals surface area contributed by atoms with Crippen LogP contribution in [0.1, 0.15) is 13.8 Å². The lowest BCUT2D eigenvalue weighted by Crippen LogP contribution is -2.38. The Labute approximate surface area is 112 Å². The lowest BCUT2D eigenvalue weighted by Gasteiger charge is -2.21. The van der Waals surface area contributed by atoms with E-state index in [1.165, 1.54) is 18.2 Å². The minimum absolute atomic E-state index is 0.166. The van der Waals surface area contributed by atoms with Crippen molar-refractivity contribution in [1.29, 1.82) is 0 Å². The van der Waals surface area contributed by atoms with E-state index in [0.29, 0.717) is 24.9 Å². The Morgan fingerprint density at radius 1 is 1.39 bits per heavy atom. The molecule has 1 unspecified atom stereocenters. The molecule has 1 aromatic carbocycles. The second kappa shape index (κ2) is 7.56. The van der Waals surface area contributed by atoms with Crippen LogP contribution in [0.2, 0.25) is 5.02 Å². The average Bonchev–Trinajstić information content (AvgIpc) is 2.29. The van der Waals surface area contributed by atoms with Gasteiger partial charge in [-0.3, -0.25) is 0 Å². The van der Waals surface area contributed by atoms with Gasteiger partial charge in [0.05, 0.1) is 11.6 Å². The topological polar surface area (TPSA) is 30.5 Å². The molecule has 0 aliphatic rings. The molecule has 0 aliphatic carbocycles. The highest BCUT2D eigenvalue weighted by Crippen LogP contribution is 2.25. The number of benzene rings is 1. The third-order valence-corrected chi connectivity index (χ3v) is 2.59. The summed E-state index contributed by atoms with van der Waals surface area (Å²) in [5.41, 5.74) is 0. The zero-order valence-corrected chi connectivity index (χ0v) is 11.6. The van der Waals surface area contributed by atoms with Gasteiger partial charge in [0.25, 0.3) is 0 Å². The summed E-state index contributed by atoms with van der Waals surface area (Å²) in [5.74, 6) is 0.0848. The van der Waals surface area contributed by atoms with Crippen LogP contribution in [0, 0.1) is 5.82 Å². The van der Waals surface area contributed by atoms with Crippen LogP contribution in [-0.4, -0.2) is 32.4 Å². The minimum atomic E-state index is -0.379. The molecule has 3 nitrogen and oxygen atoms in total. The monoisotopic (exact) mass is 275 g/mol. The smallest absolute Gasteiger partial charge is 0.138 e. The first-order chi connectivity index (χ1) is 8.52. The third kappa shape index (κ3) is 5.21. The largest absolute Gasteiger partial charge is 0.485 e. The molecule has 0 spiro atoms. The molecule has 0 aromatic heterocycles. The van der Waals surface area contributed by atoms with Crippen molar-refractivity contribution in [3.63, 3.8) is 0 Å². The van der Waals surface area contributed by atoms with Gasteiger partial charge in [-0.2, -0.15) is 0 Å². The van der Waals surface area contributed by atoms with Gasteiger partial charge in [-0.15, -0.1) is 0 Å². The van der Waals surface area contributed by atoms with E-state index in [9.17, 15) is 4.39 Å². The van der Waals surface area contributed by atoms with E-state index >= 15 is 0 Å². The number of nitrogens with one attached hydrogen (secondary N) is 1. The quantitative estimate of drug-likeness (QED) is 0.830. The van der Waals surface area contributed by atoms with Crippen LogP contribution in [0.25, 0.3) is 0 Å². The van der Waals surface area contributed by atoms with Crippen molar-refractivity contribution >= 4 is 11.6 Å². The van der Waals surface area contributed by atoms with E-state index in [0.717, 1.165) is 0 Å². The Kier molecular flexibility index (Phi) is 6.39. The van der Waals surface area contributed by atoms with E-state index in [4.69, 9.17) is 21.1 Å². The zero-order valence-electron chi connectivity index (χ0n) is 10.9. The molecular formula is C13H19ClFNO2. The van der Waals surface area contributed by atoms with Crippen LogP contribution in [0.15, 0.2) is 18.2 Å². The van der Waals surface area contributed by atoms with Crippen LogP contribution < -0.4 is 10.1 Å². The Morgan fingerprint density at radius 2 is 2.11 bits per heavy atom. The first kappa shape index (κ1) is 15.2. The Balaban J connectivity index is 2.64. The van der Waals surface area contributed by atoms with Crippen molar-refractivity contribution in [2.24, 2.45) is 0 Å². The molecule has 0 aliphatic heterocycles. The van der Waals surface area contributed by atoms with Gasteiger partial charge in [0, 0.05) is 19.7 Å². The maximum Gasteiger partial charge on any atom is 0.138 e. The van der Waals surface area contributed by atoms with Gasteiger partial charge in [0.1, 0.15) is 17.7 Å². The van der Waals surface area contributed by atoms with Gasteiger partial charge < -0.3 is 14.8 Å². The summed E-state index contributed by atoms with van der Waals surface area (Å²) in [6.45, 7) is 5.18. The van der Waals surface area contributed by atoms with Gasteiger partial charge in [-0.1, -0.05) is 25.4 Å². The summed E-state index contributed by atoms with van der Waals surface area (Å²) < 4.78 is 23.7. The molecule has 0 fully saturated rings. The lowest BCUT2D eigenvalue weighted by atomic mass is 10.3. The number of ether oxygens (including phenoxy) is 2. The zero-order chi connectivity index (χ0) is 13.5. The van der Waals surface area contributed by atoms with E-state index in [1.54, 1.807) is 7.11 Å². The molecule has 0 saturated heterocycles. The van der Waals surface area contributed by atoms with Crippen molar-refractivity contribution in [3.8, 4) is 5.75 Å². The molecule has 0 amide bonds. The normalized spacial score (nSPS) is 12.8. The molecule has 0 saturated carbocycles. The van der Waals surface area contributed by atoms with Crippen molar-refractivity contribution in [2.45, 2.75) is 26.0 Å². The SMILES string of the molecule is COCC(CNC(C)C)Oc1ccc(F)cc1Cl. The summed E-state index contributed by atoms with van der Waals surface area (Å²) in [4.78, 5) is 0. The highest BCUT2D eigenvalue weighted by Gasteiger charge is 2.13. The summed E-state index contributed by atoms with van der Waals surface area (Å²) >= 11 is 5.91. The lowest BCUT2D eigenvalue weighted by molar-refractivity contribution is 0.0794. The second-order valence-corrected chi connectivity index (χ2v) is 4.74. The van der Waals surface area contributed by atoms with Crippen LogP contribution in [-0.2, 0) is 4.74 Å². The predicted octanol–water partition coefficient (Wildman–Crippen LogP) is 2.87. The third-order valence-electron chi connectivity index (χ3n) is 2.29. The summed E-state index contributed by atoms with van der Waals surface area (Å²) in [7, 11) is 1.61. The number of halogens is 2. The molecular weight excluding hydrogens is 257 g/mol. The van der Waals surface area contributed by atoms with E-state index in [2.05, 4.69) is 19.2 Å². The highest BCUT2D eigenvalue weighted by atomic mass is 35.5. The molecule has 102 valence electrons. The van der Waals surface area contributed by atoms with E-state index in [1.807, 2.05) is 0 Å². The van der Waals surface area contributed by atoms with Crippen molar-refractivity contribution in [2.75, 3.05) is 20.3 Å². The van der Waals surface area contributed by atoms with E-state index in [-0.39, 0.29) is 16.9 Å². The molecule has 0 radical (unpaired) electrons. The fourth-order valence-corrected chi connectivity index (χ4v) is 1.65. The molecule has 0 heterocycles. The Morgan fingerprint density at radius 3 is 2.67 bits per heavy atom. The summed E-state index contributed by atoms with van der Waals surface area (Å²) in [6.07, 6.45) is -0.166. The fourth-order valence-electron chi connectivity index (χ4n) is 1.44. The molecule has 1 atom stereocenters. The molecule has 1 rings (SSSR count). The minimum Gasteiger partial charge on any atom is -0.485 e. The van der Waals surface area contributed by atoms with Crippen LogP contribution in [0.4, 0.5) is 4.39 Å². The van der Waals surface area contributed by atoms with Gasteiger partial charge >= 0.3 is 0 Å². The first-order valence-corrected chi connectivity index (χ1v) is 6.24. The fraction of sp³-hybridized carbons (Fsp3) is 0.538. The number of rotatable bonds is 7. The molecule has 5 heteroatoms. The highest BCUT2D eigenvalue weighted by molar-refractivity contribution is 6.32. The summed E-state index contributed by atoms with van der Waals surface area (Å²) in [6, 6.07) is 4.43. The van der Waals surface area contributed by atoms with Gasteiger partial charge in [-0.25, -0.2) is 4.39 Å². The molecule has 18 heavy (non-hydrogen) atoms. The van der Waals surface area contributed by atoms with Crippen LogP contribution in [0.3, 0.4) is 0 Å². The standard InChI is InChI=1S/C13H19ClFNO2/c1-9(2)16-7-11(8-17-3)18-13-5-4-10(15)6-12(13)14/h4-6,9,11,16H,7-8H2,1-3H3. The molecule has 0 bridgehead atoms. The predicted molar refractivity (Wildman–Crippen MR) is 70.8 cm³/mol. The van der Waals surface area contributed by atoms with E-state index < -0.39 is 0 Å². The van der Waals surface area contributed by atoms with Crippen molar-refractivity contribution < 1.29 is 13.9 Å². The number of methoxy groups -OCH3 is 1.